The first-order valence-corrected chi connectivity index (χ1v) is 4.09. The highest BCUT2D eigenvalue weighted by molar-refractivity contribution is 6.29. The van der Waals surface area contributed by atoms with Crippen molar-refractivity contribution in [2.24, 2.45) is 0 Å². The Morgan fingerprint density at radius 2 is 2.15 bits per heavy atom. The number of benzene rings is 1. The van der Waals surface area contributed by atoms with Crippen LogP contribution in [0.25, 0.3) is 0 Å². The molecule has 1 aromatic carbocycles. The standard InChI is InChI=1S/C10H8ClF2/c1-7(11)5-6-8-3-2-4-9(12)10(8)13/h2-4,6H,1,5H2. The van der Waals surface area contributed by atoms with E-state index in [9.17, 15) is 8.78 Å². The van der Waals surface area contributed by atoms with E-state index in [0.29, 0.717) is 11.5 Å². The molecule has 0 aliphatic heterocycles. The van der Waals surface area contributed by atoms with Crippen molar-refractivity contribution < 1.29 is 8.78 Å². The van der Waals surface area contributed by atoms with Crippen molar-refractivity contribution in [2.45, 2.75) is 6.42 Å². The fraction of sp³-hybridized carbons (Fsp3) is 0.100. The predicted molar refractivity (Wildman–Crippen MR) is 49.4 cm³/mol. The molecule has 69 valence electrons. The lowest BCUT2D eigenvalue weighted by Crippen LogP contribution is -1.91. The Morgan fingerprint density at radius 1 is 1.46 bits per heavy atom. The first-order chi connectivity index (χ1) is 6.11. The van der Waals surface area contributed by atoms with Crippen LogP contribution in [0.1, 0.15) is 12.0 Å². The van der Waals surface area contributed by atoms with E-state index in [1.54, 1.807) is 0 Å². The molecule has 0 spiro atoms. The Balaban J connectivity index is 2.77. The van der Waals surface area contributed by atoms with E-state index in [1.807, 2.05) is 0 Å². The molecule has 13 heavy (non-hydrogen) atoms. The summed E-state index contributed by atoms with van der Waals surface area (Å²) in [6.07, 6.45) is 1.83. The van der Waals surface area contributed by atoms with E-state index in [2.05, 4.69) is 6.58 Å². The van der Waals surface area contributed by atoms with Crippen molar-refractivity contribution in [2.75, 3.05) is 0 Å². The molecule has 1 rings (SSSR count). The maximum atomic E-state index is 13.0. The van der Waals surface area contributed by atoms with E-state index < -0.39 is 11.6 Å². The summed E-state index contributed by atoms with van der Waals surface area (Å²) in [5.41, 5.74) is 0.210. The van der Waals surface area contributed by atoms with E-state index >= 15 is 0 Å². The molecular formula is C10H8ClF2. The molecule has 0 unspecified atom stereocenters. The molecule has 0 aliphatic rings. The molecular weight excluding hydrogens is 194 g/mol. The topological polar surface area (TPSA) is 0 Å². The van der Waals surface area contributed by atoms with E-state index in [1.165, 1.54) is 18.6 Å². The van der Waals surface area contributed by atoms with Crippen LogP contribution in [0.5, 0.6) is 0 Å². The molecule has 0 aliphatic carbocycles. The summed E-state index contributed by atoms with van der Waals surface area (Å²) in [5.74, 6) is -1.70. The lowest BCUT2D eigenvalue weighted by molar-refractivity contribution is 0.504. The van der Waals surface area contributed by atoms with Gasteiger partial charge in [0.25, 0.3) is 0 Å². The zero-order valence-electron chi connectivity index (χ0n) is 6.86. The van der Waals surface area contributed by atoms with Gasteiger partial charge in [0.05, 0.1) is 0 Å². The van der Waals surface area contributed by atoms with Crippen LogP contribution in [0.3, 0.4) is 0 Å². The Bertz CT molecular complexity index is 321. The molecule has 3 heteroatoms. The van der Waals surface area contributed by atoms with Crippen LogP contribution in [0.4, 0.5) is 8.78 Å². The number of allylic oxidation sites excluding steroid dienone is 1. The van der Waals surface area contributed by atoms with Crippen LogP contribution in [0, 0.1) is 18.1 Å². The highest BCUT2D eigenvalue weighted by Gasteiger charge is 2.07. The van der Waals surface area contributed by atoms with Gasteiger partial charge in [-0.1, -0.05) is 30.3 Å². The predicted octanol–water partition coefficient (Wildman–Crippen LogP) is 3.66. The fourth-order valence-electron chi connectivity index (χ4n) is 0.899. The molecule has 1 aromatic rings. The minimum Gasteiger partial charge on any atom is -0.204 e. The summed E-state index contributed by atoms with van der Waals surface area (Å²) in [4.78, 5) is 0. The third kappa shape index (κ3) is 2.81. The van der Waals surface area contributed by atoms with Crippen LogP contribution in [0.15, 0.2) is 29.8 Å². The highest BCUT2D eigenvalue weighted by atomic mass is 35.5. The summed E-state index contributed by atoms with van der Waals surface area (Å²) in [7, 11) is 0. The maximum Gasteiger partial charge on any atom is 0.162 e. The van der Waals surface area contributed by atoms with Gasteiger partial charge < -0.3 is 0 Å². The van der Waals surface area contributed by atoms with Crippen molar-refractivity contribution in [3.8, 4) is 0 Å². The average molecular weight is 202 g/mol. The van der Waals surface area contributed by atoms with Gasteiger partial charge >= 0.3 is 0 Å². The van der Waals surface area contributed by atoms with Crippen LogP contribution in [-0.4, -0.2) is 0 Å². The van der Waals surface area contributed by atoms with Crippen molar-refractivity contribution in [1.29, 1.82) is 0 Å². The molecule has 1 radical (unpaired) electrons. The minimum atomic E-state index is -0.853. The third-order valence-corrected chi connectivity index (χ3v) is 1.68. The van der Waals surface area contributed by atoms with Gasteiger partial charge in [0.1, 0.15) is 0 Å². The minimum absolute atomic E-state index is 0.210. The van der Waals surface area contributed by atoms with Gasteiger partial charge in [-0.15, -0.1) is 0 Å². The second-order valence-electron chi connectivity index (χ2n) is 2.57. The SMILES string of the molecule is C=C(Cl)C[CH]c1cccc(F)c1F. The Kier molecular flexibility index (Phi) is 3.43. The Labute approximate surface area is 80.8 Å². The van der Waals surface area contributed by atoms with Crippen molar-refractivity contribution in [3.05, 3.63) is 53.4 Å². The molecule has 0 saturated carbocycles. The number of halogens is 3. The zero-order valence-corrected chi connectivity index (χ0v) is 7.61. The van der Waals surface area contributed by atoms with Crippen LogP contribution in [-0.2, 0) is 0 Å². The van der Waals surface area contributed by atoms with Crippen molar-refractivity contribution in [1.82, 2.24) is 0 Å². The summed E-state index contributed by atoms with van der Waals surface area (Å²) in [6.45, 7) is 3.44. The zero-order chi connectivity index (χ0) is 9.84. The molecule has 0 atom stereocenters. The van der Waals surface area contributed by atoms with Crippen molar-refractivity contribution >= 4 is 11.6 Å². The largest absolute Gasteiger partial charge is 0.204 e. The first-order valence-electron chi connectivity index (χ1n) is 3.71. The molecule has 0 amide bonds. The summed E-state index contributed by atoms with van der Waals surface area (Å²) in [6, 6.07) is 4.00. The van der Waals surface area contributed by atoms with Crippen LogP contribution >= 0.6 is 11.6 Å². The molecule has 0 fully saturated rings. The monoisotopic (exact) mass is 201 g/mol. The van der Waals surface area contributed by atoms with E-state index in [4.69, 9.17) is 11.6 Å². The van der Waals surface area contributed by atoms with Gasteiger partial charge in [0.2, 0.25) is 0 Å². The molecule has 0 saturated heterocycles. The lowest BCUT2D eigenvalue weighted by Gasteiger charge is -2.01. The maximum absolute atomic E-state index is 13.0. The molecule has 0 bridgehead atoms. The molecule has 0 heterocycles. The van der Waals surface area contributed by atoms with Gasteiger partial charge in [-0.05, 0) is 24.5 Å². The quantitative estimate of drug-likeness (QED) is 0.700. The van der Waals surface area contributed by atoms with Crippen LogP contribution in [0.2, 0.25) is 0 Å². The molecule has 0 aromatic heterocycles. The number of rotatable bonds is 3. The van der Waals surface area contributed by atoms with Gasteiger partial charge in [-0.3, -0.25) is 0 Å². The average Bonchev–Trinajstić information content (AvgIpc) is 2.07. The second kappa shape index (κ2) is 4.38. The third-order valence-electron chi connectivity index (χ3n) is 1.52. The van der Waals surface area contributed by atoms with Gasteiger partial charge in [0.15, 0.2) is 11.6 Å². The Morgan fingerprint density at radius 3 is 2.77 bits per heavy atom. The van der Waals surface area contributed by atoms with E-state index in [-0.39, 0.29) is 5.56 Å². The van der Waals surface area contributed by atoms with Crippen LogP contribution < -0.4 is 0 Å². The van der Waals surface area contributed by atoms with Gasteiger partial charge in [0, 0.05) is 5.03 Å². The fourth-order valence-corrected chi connectivity index (χ4v) is 0.976. The van der Waals surface area contributed by atoms with Crippen molar-refractivity contribution in [3.63, 3.8) is 0 Å². The summed E-state index contributed by atoms with van der Waals surface area (Å²) >= 11 is 5.48. The normalized spacial score (nSPS) is 10.1. The number of hydrogen-bond donors (Lipinski definition) is 0. The molecule has 0 nitrogen and oxygen atoms in total. The first kappa shape index (κ1) is 10.2. The second-order valence-corrected chi connectivity index (χ2v) is 3.10. The lowest BCUT2D eigenvalue weighted by atomic mass is 10.1. The summed E-state index contributed by atoms with van der Waals surface area (Å²) in [5, 5.41) is 0.392. The smallest absolute Gasteiger partial charge is 0.162 e. The Hall–Kier alpha value is -0.890. The van der Waals surface area contributed by atoms with E-state index in [0.717, 1.165) is 6.07 Å². The van der Waals surface area contributed by atoms with Gasteiger partial charge in [-0.25, -0.2) is 8.78 Å². The van der Waals surface area contributed by atoms with Gasteiger partial charge in [-0.2, -0.15) is 0 Å². The number of hydrogen-bond acceptors (Lipinski definition) is 0. The highest BCUT2D eigenvalue weighted by Crippen LogP contribution is 2.17. The summed E-state index contributed by atoms with van der Waals surface area (Å²) < 4.78 is 25.6. The molecule has 0 N–H and O–H groups in total.